The molecule has 0 N–H and O–H groups in total. The van der Waals surface area contributed by atoms with Gasteiger partial charge in [0.05, 0.1) is 0 Å². The zero-order valence-electron chi connectivity index (χ0n) is 9.29. The van der Waals surface area contributed by atoms with Crippen molar-refractivity contribution in [3.63, 3.8) is 0 Å². The molecular weight excluding hydrogens is 194 g/mol. The molecule has 1 rings (SSSR count). The number of unbranched alkanes of at least 4 members (excludes halogenated alkanes) is 1. The van der Waals surface area contributed by atoms with Crippen LogP contribution in [0.15, 0.2) is 0 Å². The van der Waals surface area contributed by atoms with Gasteiger partial charge < -0.3 is 4.90 Å². The highest BCUT2D eigenvalue weighted by Crippen LogP contribution is 2.17. The summed E-state index contributed by atoms with van der Waals surface area (Å²) in [5, 5.41) is 0. The standard InChI is InChI=1S/C11H21NOS/c1-3-4-8-14-9-10(2)12-7-5-6-11(12)13/h10H,3-9H2,1-2H3. The third-order valence-corrected chi connectivity index (χ3v) is 3.94. The molecule has 0 radical (unpaired) electrons. The first-order valence-electron chi connectivity index (χ1n) is 5.63. The molecule has 1 heterocycles. The normalized spacial score (nSPS) is 19.0. The maximum Gasteiger partial charge on any atom is 0.222 e. The third-order valence-electron chi connectivity index (χ3n) is 2.64. The van der Waals surface area contributed by atoms with Crippen molar-refractivity contribution in [3.8, 4) is 0 Å². The van der Waals surface area contributed by atoms with E-state index in [0.717, 1.165) is 25.1 Å². The van der Waals surface area contributed by atoms with E-state index in [2.05, 4.69) is 13.8 Å². The molecule has 1 aliphatic heterocycles. The molecular formula is C11H21NOS. The molecule has 1 fully saturated rings. The lowest BCUT2D eigenvalue weighted by atomic mass is 10.3. The molecule has 0 bridgehead atoms. The van der Waals surface area contributed by atoms with Gasteiger partial charge in [0, 0.05) is 24.8 Å². The third kappa shape index (κ3) is 3.52. The lowest BCUT2D eigenvalue weighted by Crippen LogP contribution is -2.35. The van der Waals surface area contributed by atoms with Gasteiger partial charge in [0.2, 0.25) is 5.91 Å². The van der Waals surface area contributed by atoms with Crippen LogP contribution in [0, 0.1) is 0 Å². The highest BCUT2D eigenvalue weighted by molar-refractivity contribution is 7.99. The van der Waals surface area contributed by atoms with E-state index < -0.39 is 0 Å². The van der Waals surface area contributed by atoms with Gasteiger partial charge in [-0.1, -0.05) is 13.3 Å². The summed E-state index contributed by atoms with van der Waals surface area (Å²) in [5.74, 6) is 2.70. The number of rotatable bonds is 6. The van der Waals surface area contributed by atoms with E-state index in [9.17, 15) is 4.79 Å². The molecule has 3 heteroatoms. The van der Waals surface area contributed by atoms with Gasteiger partial charge in [-0.25, -0.2) is 0 Å². The predicted molar refractivity (Wildman–Crippen MR) is 62.6 cm³/mol. The van der Waals surface area contributed by atoms with E-state index in [0.29, 0.717) is 11.9 Å². The molecule has 82 valence electrons. The minimum atomic E-state index is 0.355. The summed E-state index contributed by atoms with van der Waals surface area (Å²) in [4.78, 5) is 13.5. The van der Waals surface area contributed by atoms with Gasteiger partial charge in [0.25, 0.3) is 0 Å². The van der Waals surface area contributed by atoms with Crippen molar-refractivity contribution in [2.45, 2.75) is 45.6 Å². The van der Waals surface area contributed by atoms with Crippen LogP contribution in [-0.4, -0.2) is 34.9 Å². The number of hydrogen-bond acceptors (Lipinski definition) is 2. The molecule has 0 spiro atoms. The van der Waals surface area contributed by atoms with Crippen LogP contribution in [0.5, 0.6) is 0 Å². The Labute approximate surface area is 91.4 Å². The SMILES string of the molecule is CCCCSCC(C)N1CCCC1=O. The molecule has 1 aliphatic rings. The molecule has 0 aromatic carbocycles. The van der Waals surface area contributed by atoms with Gasteiger partial charge in [-0.3, -0.25) is 4.79 Å². The lowest BCUT2D eigenvalue weighted by molar-refractivity contribution is -0.128. The fraction of sp³-hybridized carbons (Fsp3) is 0.909. The monoisotopic (exact) mass is 215 g/mol. The number of hydrogen-bond donors (Lipinski definition) is 0. The van der Waals surface area contributed by atoms with Crippen molar-refractivity contribution in [1.29, 1.82) is 0 Å². The second-order valence-corrected chi connectivity index (χ2v) is 5.12. The average molecular weight is 215 g/mol. The Hall–Kier alpha value is -0.180. The van der Waals surface area contributed by atoms with Gasteiger partial charge >= 0.3 is 0 Å². The number of amides is 1. The number of carbonyl (C=O) groups is 1. The fourth-order valence-electron chi connectivity index (χ4n) is 1.73. The van der Waals surface area contributed by atoms with Crippen molar-refractivity contribution < 1.29 is 4.79 Å². The first-order valence-corrected chi connectivity index (χ1v) is 6.78. The van der Waals surface area contributed by atoms with Crippen molar-refractivity contribution in [3.05, 3.63) is 0 Å². The van der Waals surface area contributed by atoms with Gasteiger partial charge in [0.15, 0.2) is 0 Å². The Morgan fingerprint density at radius 1 is 1.57 bits per heavy atom. The Morgan fingerprint density at radius 3 is 2.93 bits per heavy atom. The number of likely N-dealkylation sites (tertiary alicyclic amines) is 1. The van der Waals surface area contributed by atoms with Crippen LogP contribution in [0.1, 0.15) is 39.5 Å². The van der Waals surface area contributed by atoms with Gasteiger partial charge in [-0.15, -0.1) is 0 Å². The first kappa shape index (κ1) is 11.9. The zero-order chi connectivity index (χ0) is 10.4. The van der Waals surface area contributed by atoms with E-state index >= 15 is 0 Å². The van der Waals surface area contributed by atoms with E-state index in [1.807, 2.05) is 16.7 Å². The molecule has 1 amide bonds. The number of nitrogens with zero attached hydrogens (tertiary/aromatic N) is 1. The Kier molecular flexibility index (Phi) is 5.38. The zero-order valence-corrected chi connectivity index (χ0v) is 10.1. The Bertz CT molecular complexity index is 184. The molecule has 2 nitrogen and oxygen atoms in total. The Balaban J connectivity index is 2.14. The summed E-state index contributed by atoms with van der Waals surface area (Å²) in [6.07, 6.45) is 4.39. The molecule has 0 aromatic heterocycles. The maximum absolute atomic E-state index is 11.4. The van der Waals surface area contributed by atoms with Crippen LogP contribution in [0.4, 0.5) is 0 Å². The van der Waals surface area contributed by atoms with Crippen LogP contribution in [-0.2, 0) is 4.79 Å². The van der Waals surface area contributed by atoms with E-state index in [4.69, 9.17) is 0 Å². The van der Waals surface area contributed by atoms with Gasteiger partial charge in [-0.05, 0) is 25.5 Å². The maximum atomic E-state index is 11.4. The molecule has 1 atom stereocenters. The first-order chi connectivity index (χ1) is 6.75. The molecule has 14 heavy (non-hydrogen) atoms. The van der Waals surface area contributed by atoms with Gasteiger partial charge in [-0.2, -0.15) is 11.8 Å². The van der Waals surface area contributed by atoms with Crippen molar-refractivity contribution in [2.24, 2.45) is 0 Å². The average Bonchev–Trinajstić information content (AvgIpc) is 2.59. The van der Waals surface area contributed by atoms with Crippen molar-refractivity contribution >= 4 is 17.7 Å². The molecule has 1 saturated heterocycles. The van der Waals surface area contributed by atoms with Crippen LogP contribution >= 0.6 is 11.8 Å². The molecule has 0 saturated carbocycles. The Morgan fingerprint density at radius 2 is 2.36 bits per heavy atom. The van der Waals surface area contributed by atoms with Crippen LogP contribution < -0.4 is 0 Å². The minimum absolute atomic E-state index is 0.355. The van der Waals surface area contributed by atoms with Gasteiger partial charge in [0.1, 0.15) is 0 Å². The molecule has 0 aromatic rings. The highest BCUT2D eigenvalue weighted by Gasteiger charge is 2.24. The summed E-state index contributed by atoms with van der Waals surface area (Å²) >= 11 is 1.98. The summed E-state index contributed by atoms with van der Waals surface area (Å²) in [7, 11) is 0. The fourth-order valence-corrected chi connectivity index (χ4v) is 2.91. The number of thioether (sulfide) groups is 1. The smallest absolute Gasteiger partial charge is 0.222 e. The largest absolute Gasteiger partial charge is 0.339 e. The van der Waals surface area contributed by atoms with E-state index in [1.54, 1.807) is 0 Å². The second-order valence-electron chi connectivity index (χ2n) is 3.97. The topological polar surface area (TPSA) is 20.3 Å². The summed E-state index contributed by atoms with van der Waals surface area (Å²) in [6.45, 7) is 5.37. The molecule has 0 aliphatic carbocycles. The van der Waals surface area contributed by atoms with Crippen LogP contribution in [0.25, 0.3) is 0 Å². The quantitative estimate of drug-likeness (QED) is 0.635. The summed E-state index contributed by atoms with van der Waals surface area (Å²) in [6, 6.07) is 0.437. The van der Waals surface area contributed by atoms with Crippen molar-refractivity contribution in [2.75, 3.05) is 18.1 Å². The number of carbonyl (C=O) groups excluding carboxylic acids is 1. The highest BCUT2D eigenvalue weighted by atomic mass is 32.2. The minimum Gasteiger partial charge on any atom is -0.339 e. The summed E-state index contributed by atoms with van der Waals surface area (Å²) < 4.78 is 0. The van der Waals surface area contributed by atoms with Crippen LogP contribution in [0.2, 0.25) is 0 Å². The second kappa shape index (κ2) is 6.33. The van der Waals surface area contributed by atoms with E-state index in [-0.39, 0.29) is 0 Å². The lowest BCUT2D eigenvalue weighted by Gasteiger charge is -2.23. The molecule has 1 unspecified atom stereocenters. The van der Waals surface area contributed by atoms with Crippen molar-refractivity contribution in [1.82, 2.24) is 4.90 Å². The summed E-state index contributed by atoms with van der Waals surface area (Å²) in [5.41, 5.74) is 0. The van der Waals surface area contributed by atoms with E-state index in [1.165, 1.54) is 18.6 Å². The predicted octanol–water partition coefficient (Wildman–Crippen LogP) is 2.53. The van der Waals surface area contributed by atoms with Crippen LogP contribution in [0.3, 0.4) is 0 Å².